The molecule has 0 N–H and O–H groups in total. The maximum Gasteiger partial charge on any atom is 0.216 e. The molecule has 0 saturated carbocycles. The zero-order valence-corrected chi connectivity index (χ0v) is 15.2. The second-order valence-corrected chi connectivity index (χ2v) is 7.63. The van der Waals surface area contributed by atoms with E-state index in [4.69, 9.17) is 19.5 Å². The van der Waals surface area contributed by atoms with Gasteiger partial charge in [-0.3, -0.25) is 0 Å². The predicted octanol–water partition coefficient (Wildman–Crippen LogP) is 4.07. The summed E-state index contributed by atoms with van der Waals surface area (Å²) in [5, 5.41) is 0. The molecule has 4 heteroatoms. The minimum atomic E-state index is 0.291. The molecule has 130 valence electrons. The van der Waals surface area contributed by atoms with Crippen LogP contribution < -0.4 is 0 Å². The van der Waals surface area contributed by atoms with Gasteiger partial charge in [0.2, 0.25) is 11.8 Å². The summed E-state index contributed by atoms with van der Waals surface area (Å²) in [6, 6.07) is 8.78. The first-order valence-corrected chi connectivity index (χ1v) is 9.03. The van der Waals surface area contributed by atoms with E-state index in [9.17, 15) is 0 Å². The number of ether oxygens (including phenoxy) is 2. The van der Waals surface area contributed by atoms with Crippen LogP contribution in [-0.2, 0) is 9.47 Å². The molecular weight excluding hydrogens is 300 g/mol. The van der Waals surface area contributed by atoms with Gasteiger partial charge in [-0.2, -0.15) is 0 Å². The highest BCUT2D eigenvalue weighted by Gasteiger charge is 2.23. The number of hydrogen-bond donors (Lipinski definition) is 0. The molecule has 1 aromatic carbocycles. The van der Waals surface area contributed by atoms with E-state index in [1.165, 1.54) is 0 Å². The number of benzene rings is 1. The van der Waals surface area contributed by atoms with Crippen molar-refractivity contribution >= 4 is 11.8 Å². The Kier molecular flexibility index (Phi) is 5.22. The van der Waals surface area contributed by atoms with Gasteiger partial charge in [0.05, 0.1) is 12.1 Å². The van der Waals surface area contributed by atoms with Crippen molar-refractivity contribution in [2.45, 2.75) is 52.6 Å². The van der Waals surface area contributed by atoms with E-state index >= 15 is 0 Å². The highest BCUT2D eigenvalue weighted by molar-refractivity contribution is 5.98. The minimum absolute atomic E-state index is 0.291. The van der Waals surface area contributed by atoms with Crippen LogP contribution in [0.15, 0.2) is 34.3 Å². The zero-order chi connectivity index (χ0) is 17.1. The van der Waals surface area contributed by atoms with E-state index in [0.717, 1.165) is 35.8 Å². The topological polar surface area (TPSA) is 43.2 Å². The maximum absolute atomic E-state index is 5.77. The van der Waals surface area contributed by atoms with Gasteiger partial charge in [0.25, 0.3) is 0 Å². The lowest BCUT2D eigenvalue weighted by Crippen LogP contribution is -2.09. The first kappa shape index (κ1) is 17.0. The Balaban J connectivity index is 1.66. The third kappa shape index (κ3) is 4.16. The average molecular weight is 328 g/mol. The Morgan fingerprint density at radius 1 is 0.792 bits per heavy atom. The molecule has 0 fully saturated rings. The fraction of sp³-hybridized carbons (Fsp3) is 0.600. The molecule has 2 aliphatic rings. The van der Waals surface area contributed by atoms with Gasteiger partial charge in [0.1, 0.15) is 13.2 Å². The van der Waals surface area contributed by atoms with Crippen molar-refractivity contribution in [1.82, 2.24) is 0 Å². The highest BCUT2D eigenvalue weighted by atomic mass is 16.5. The van der Waals surface area contributed by atoms with Crippen molar-refractivity contribution in [3.05, 3.63) is 35.4 Å². The van der Waals surface area contributed by atoms with Crippen molar-refractivity contribution in [1.29, 1.82) is 0 Å². The van der Waals surface area contributed by atoms with E-state index in [-0.39, 0.29) is 0 Å². The Morgan fingerprint density at radius 3 is 1.50 bits per heavy atom. The smallest absolute Gasteiger partial charge is 0.216 e. The number of nitrogens with zero attached hydrogens (tertiary/aromatic N) is 2. The molecule has 24 heavy (non-hydrogen) atoms. The van der Waals surface area contributed by atoms with E-state index in [1.54, 1.807) is 0 Å². The SMILES string of the molecule is CC(C)C[C@@H]1COC(c2ccc(C3=N[C@H](CC(C)C)CO3)cc2)=N1. The van der Waals surface area contributed by atoms with Gasteiger partial charge < -0.3 is 9.47 Å². The molecule has 0 amide bonds. The van der Waals surface area contributed by atoms with Crippen LogP contribution in [-0.4, -0.2) is 37.1 Å². The van der Waals surface area contributed by atoms with Gasteiger partial charge in [-0.05, 0) is 48.9 Å². The fourth-order valence-corrected chi connectivity index (χ4v) is 3.23. The van der Waals surface area contributed by atoms with Crippen LogP contribution in [0.1, 0.15) is 51.7 Å². The predicted molar refractivity (Wildman–Crippen MR) is 97.9 cm³/mol. The van der Waals surface area contributed by atoms with Gasteiger partial charge in [0, 0.05) is 11.1 Å². The van der Waals surface area contributed by atoms with E-state index in [1.807, 2.05) is 24.3 Å². The van der Waals surface area contributed by atoms with Gasteiger partial charge in [-0.1, -0.05) is 27.7 Å². The van der Waals surface area contributed by atoms with Gasteiger partial charge >= 0.3 is 0 Å². The summed E-state index contributed by atoms with van der Waals surface area (Å²) < 4.78 is 11.5. The van der Waals surface area contributed by atoms with Crippen molar-refractivity contribution in [3.63, 3.8) is 0 Å². The molecule has 1 aromatic rings. The third-order valence-electron chi connectivity index (χ3n) is 4.29. The summed E-state index contributed by atoms with van der Waals surface area (Å²) in [5.41, 5.74) is 2.06. The van der Waals surface area contributed by atoms with E-state index in [2.05, 4.69) is 27.7 Å². The van der Waals surface area contributed by atoms with Crippen molar-refractivity contribution in [3.8, 4) is 0 Å². The fourth-order valence-electron chi connectivity index (χ4n) is 3.23. The minimum Gasteiger partial charge on any atom is -0.475 e. The molecule has 2 atom stereocenters. The molecule has 0 saturated heterocycles. The van der Waals surface area contributed by atoms with Crippen LogP contribution >= 0.6 is 0 Å². The standard InChI is InChI=1S/C20H28N2O2/c1-13(2)9-17-11-23-19(21-17)15-5-7-16(8-6-15)20-22-18(12-24-20)10-14(3)4/h5-8,13-14,17-18H,9-12H2,1-4H3/t17-,18-/m1/s1. The number of aliphatic imine (C=N–C) groups is 2. The van der Waals surface area contributed by atoms with Crippen LogP contribution in [0.2, 0.25) is 0 Å². The monoisotopic (exact) mass is 328 g/mol. The highest BCUT2D eigenvalue weighted by Crippen LogP contribution is 2.20. The molecule has 2 heterocycles. The van der Waals surface area contributed by atoms with Crippen LogP contribution in [0.5, 0.6) is 0 Å². The van der Waals surface area contributed by atoms with E-state index < -0.39 is 0 Å². The summed E-state index contributed by atoms with van der Waals surface area (Å²) in [4.78, 5) is 9.41. The summed E-state index contributed by atoms with van der Waals surface area (Å²) in [6.45, 7) is 10.3. The van der Waals surface area contributed by atoms with Crippen LogP contribution in [0.3, 0.4) is 0 Å². The lowest BCUT2D eigenvalue weighted by Gasteiger charge is -2.06. The van der Waals surface area contributed by atoms with Crippen molar-refractivity contribution in [2.24, 2.45) is 21.8 Å². The van der Waals surface area contributed by atoms with E-state index in [0.29, 0.717) is 37.1 Å². The molecular formula is C20H28N2O2. The summed E-state index contributed by atoms with van der Waals surface area (Å²) in [7, 11) is 0. The number of hydrogen-bond acceptors (Lipinski definition) is 4. The Morgan fingerprint density at radius 2 is 1.17 bits per heavy atom. The lowest BCUT2D eigenvalue weighted by atomic mass is 10.1. The van der Waals surface area contributed by atoms with Gasteiger partial charge in [0.15, 0.2) is 0 Å². The largest absolute Gasteiger partial charge is 0.475 e. The lowest BCUT2D eigenvalue weighted by molar-refractivity contribution is 0.301. The quantitative estimate of drug-likeness (QED) is 0.790. The summed E-state index contributed by atoms with van der Waals surface area (Å²) in [6.07, 6.45) is 2.15. The molecule has 0 bridgehead atoms. The van der Waals surface area contributed by atoms with Crippen molar-refractivity contribution < 1.29 is 9.47 Å². The zero-order valence-electron chi connectivity index (χ0n) is 15.2. The van der Waals surface area contributed by atoms with Crippen LogP contribution in [0.4, 0.5) is 0 Å². The maximum atomic E-state index is 5.77. The van der Waals surface area contributed by atoms with Crippen molar-refractivity contribution in [2.75, 3.05) is 13.2 Å². The molecule has 0 spiro atoms. The second kappa shape index (κ2) is 7.37. The normalized spacial score (nSPS) is 23.2. The molecule has 0 aliphatic carbocycles. The molecule has 0 aromatic heterocycles. The Hall–Kier alpha value is -1.84. The molecule has 0 radical (unpaired) electrons. The average Bonchev–Trinajstić information content (AvgIpc) is 3.16. The van der Waals surface area contributed by atoms with Crippen LogP contribution in [0.25, 0.3) is 0 Å². The first-order chi connectivity index (χ1) is 11.5. The third-order valence-corrected chi connectivity index (χ3v) is 4.29. The molecule has 0 unspecified atom stereocenters. The van der Waals surface area contributed by atoms with Crippen LogP contribution in [0, 0.1) is 11.8 Å². The first-order valence-electron chi connectivity index (χ1n) is 9.03. The Bertz CT molecular complexity index is 562. The molecule has 3 rings (SSSR count). The second-order valence-electron chi connectivity index (χ2n) is 7.63. The molecule has 2 aliphatic heterocycles. The molecule has 4 nitrogen and oxygen atoms in total. The number of rotatable bonds is 6. The summed E-state index contributed by atoms with van der Waals surface area (Å²) in [5.74, 6) is 2.80. The Labute approximate surface area is 145 Å². The van der Waals surface area contributed by atoms with Gasteiger partial charge in [-0.25, -0.2) is 9.98 Å². The van der Waals surface area contributed by atoms with Gasteiger partial charge in [-0.15, -0.1) is 0 Å². The summed E-state index contributed by atoms with van der Waals surface area (Å²) >= 11 is 0.